The van der Waals surface area contributed by atoms with Crippen molar-refractivity contribution in [3.05, 3.63) is 36.0 Å². The normalized spacial score (nSPS) is 30.3. The van der Waals surface area contributed by atoms with Crippen LogP contribution in [0.2, 0.25) is 0 Å². The monoisotopic (exact) mass is 864 g/mol. The van der Waals surface area contributed by atoms with Crippen molar-refractivity contribution in [2.75, 3.05) is 59.3 Å². The summed E-state index contributed by atoms with van der Waals surface area (Å²) in [6.07, 6.45) is 45.7. The number of likely N-dealkylation sites (tertiary alicyclic amines) is 1. The second-order valence-electron chi connectivity index (χ2n) is 22.9. The molecule has 5 rings (SSSR count). The van der Waals surface area contributed by atoms with Gasteiger partial charge in [0.05, 0.1) is 45.2 Å². The van der Waals surface area contributed by atoms with Crippen molar-refractivity contribution in [3.63, 3.8) is 0 Å². The molecule has 0 amide bonds. The van der Waals surface area contributed by atoms with Crippen LogP contribution in [0, 0.1) is 45.8 Å². The van der Waals surface area contributed by atoms with E-state index in [4.69, 9.17) is 18.9 Å². The molecule has 0 N–H and O–H groups in total. The van der Waals surface area contributed by atoms with Crippen LogP contribution in [0.3, 0.4) is 0 Å². The maximum atomic E-state index is 6.52. The lowest BCUT2D eigenvalue weighted by Crippen LogP contribution is -2.50. The number of nitrogens with zero attached hydrogens (tertiary/aromatic N) is 1. The van der Waals surface area contributed by atoms with E-state index < -0.39 is 0 Å². The van der Waals surface area contributed by atoms with Crippen molar-refractivity contribution in [2.45, 2.75) is 221 Å². The summed E-state index contributed by atoms with van der Waals surface area (Å²) in [6, 6.07) is 0. The van der Waals surface area contributed by atoms with Gasteiger partial charge in [-0.15, -0.1) is 0 Å². The van der Waals surface area contributed by atoms with E-state index in [0.29, 0.717) is 55.4 Å². The minimum absolute atomic E-state index is 0.0980. The van der Waals surface area contributed by atoms with Crippen LogP contribution in [0.25, 0.3) is 0 Å². The number of unbranched alkanes of at least 4 members (excludes halogenated alkanes) is 10. The molecule has 0 bridgehead atoms. The summed E-state index contributed by atoms with van der Waals surface area (Å²) >= 11 is 0. The molecule has 0 aromatic heterocycles. The number of rotatable bonds is 32. The van der Waals surface area contributed by atoms with E-state index in [9.17, 15) is 0 Å². The van der Waals surface area contributed by atoms with Gasteiger partial charge in [-0.25, -0.2) is 0 Å². The molecule has 0 spiro atoms. The fraction of sp³-hybridized carbons (Fsp3) is 0.895. The molecule has 8 atom stereocenters. The predicted molar refractivity (Wildman–Crippen MR) is 264 cm³/mol. The molecule has 1 aliphatic heterocycles. The Hall–Kier alpha value is -0.980. The summed E-state index contributed by atoms with van der Waals surface area (Å²) in [5.74, 6) is 4.55. The first-order chi connectivity index (χ1) is 30.0. The standard InChI is InChI=1S/C57H101NO4/c1-8-9-10-11-12-13-14-15-16-17-18-19-20-21-22-25-38-60-45-51(44-58-37-36-55(4,5)46-58)62-42-40-59-39-41-61-50-32-34-57(7)49(43-50)28-30-52-53-31-29-48(27-24-23-26-47(2)3)56(53,6)35-33-54(52)57/h12-13,15-16,28,47-48,50-54H,8-11,14,17-27,29-46H2,1-7H3/b13-12-,16-15-/t48-,50-,51?,52-,53-,54-,56+,57-/m0/s1. The van der Waals surface area contributed by atoms with E-state index in [1.54, 1.807) is 5.57 Å². The molecular weight excluding hydrogens is 763 g/mol. The Labute approximate surface area is 384 Å². The zero-order chi connectivity index (χ0) is 44.1. The molecule has 3 saturated carbocycles. The molecule has 0 radical (unpaired) electrons. The van der Waals surface area contributed by atoms with Crippen LogP contribution in [-0.4, -0.2) is 76.4 Å². The van der Waals surface area contributed by atoms with E-state index >= 15 is 0 Å². The van der Waals surface area contributed by atoms with E-state index in [1.807, 2.05) is 0 Å². The van der Waals surface area contributed by atoms with Gasteiger partial charge in [-0.2, -0.15) is 0 Å². The molecular formula is C57H101NO4. The third kappa shape index (κ3) is 16.7. The van der Waals surface area contributed by atoms with Gasteiger partial charge in [-0.1, -0.05) is 142 Å². The first-order valence-corrected chi connectivity index (χ1v) is 27.1. The van der Waals surface area contributed by atoms with Gasteiger partial charge in [-0.05, 0) is 155 Å². The Morgan fingerprint density at radius 2 is 1.48 bits per heavy atom. The highest BCUT2D eigenvalue weighted by Gasteiger charge is 2.58. The van der Waals surface area contributed by atoms with Gasteiger partial charge in [-0.3, -0.25) is 0 Å². The smallest absolute Gasteiger partial charge is 0.0936 e. The largest absolute Gasteiger partial charge is 0.379 e. The molecule has 1 unspecified atom stereocenters. The van der Waals surface area contributed by atoms with Gasteiger partial charge in [0.1, 0.15) is 0 Å². The van der Waals surface area contributed by atoms with E-state index in [2.05, 4.69) is 83.7 Å². The van der Waals surface area contributed by atoms with Crippen LogP contribution in [-0.2, 0) is 18.9 Å². The van der Waals surface area contributed by atoms with Crippen molar-refractivity contribution >= 4 is 0 Å². The molecule has 0 aromatic rings. The van der Waals surface area contributed by atoms with Crippen LogP contribution in [0.15, 0.2) is 36.0 Å². The number of hydrogen-bond donors (Lipinski definition) is 0. The molecule has 1 heterocycles. The maximum Gasteiger partial charge on any atom is 0.0936 e. The fourth-order valence-electron chi connectivity index (χ4n) is 13.2. The maximum absolute atomic E-state index is 6.52. The molecule has 358 valence electrons. The van der Waals surface area contributed by atoms with Gasteiger partial charge in [0.15, 0.2) is 0 Å². The van der Waals surface area contributed by atoms with Crippen LogP contribution in [0.4, 0.5) is 0 Å². The number of ether oxygens (including phenoxy) is 4. The molecule has 62 heavy (non-hydrogen) atoms. The first kappa shape index (κ1) is 52.0. The Morgan fingerprint density at radius 1 is 0.726 bits per heavy atom. The molecule has 5 aliphatic rings. The summed E-state index contributed by atoms with van der Waals surface area (Å²) in [5.41, 5.74) is 3.11. The lowest BCUT2D eigenvalue weighted by atomic mass is 9.47. The van der Waals surface area contributed by atoms with Gasteiger partial charge < -0.3 is 23.8 Å². The van der Waals surface area contributed by atoms with Gasteiger partial charge in [0.25, 0.3) is 0 Å². The minimum atomic E-state index is 0.0980. The van der Waals surface area contributed by atoms with Crippen LogP contribution >= 0.6 is 0 Å². The zero-order valence-corrected chi connectivity index (χ0v) is 42.1. The summed E-state index contributed by atoms with van der Waals surface area (Å²) in [4.78, 5) is 2.58. The van der Waals surface area contributed by atoms with E-state index in [-0.39, 0.29) is 6.10 Å². The molecule has 4 aliphatic carbocycles. The third-order valence-corrected chi connectivity index (χ3v) is 17.0. The Balaban J connectivity index is 0.914. The second-order valence-corrected chi connectivity index (χ2v) is 22.9. The SMILES string of the molecule is CCCCC/C=C\C/C=C\CCCCCCCCOCC(CN1CCC(C)(C)C1)OCCOCCO[C@H]1CC[C@@]2(C)C(=CC[C@H]3[C@@H]4CC[C@H](CCCCC(C)C)[C@@]4(C)CC[C@@H]32)C1. The van der Waals surface area contributed by atoms with Crippen molar-refractivity contribution in [2.24, 2.45) is 45.8 Å². The van der Waals surface area contributed by atoms with Crippen LogP contribution in [0.1, 0.15) is 209 Å². The molecule has 5 heteroatoms. The van der Waals surface area contributed by atoms with Crippen LogP contribution in [0.5, 0.6) is 0 Å². The lowest BCUT2D eigenvalue weighted by molar-refractivity contribution is -0.0707. The van der Waals surface area contributed by atoms with Crippen LogP contribution < -0.4 is 0 Å². The van der Waals surface area contributed by atoms with Gasteiger partial charge in [0.2, 0.25) is 0 Å². The van der Waals surface area contributed by atoms with Crippen molar-refractivity contribution in [1.82, 2.24) is 4.90 Å². The Kier molecular flexibility index (Phi) is 23.2. The molecule has 0 aromatic carbocycles. The summed E-state index contributed by atoms with van der Waals surface area (Å²) in [7, 11) is 0. The fourth-order valence-corrected chi connectivity index (χ4v) is 13.2. The van der Waals surface area contributed by atoms with Gasteiger partial charge >= 0.3 is 0 Å². The second kappa shape index (κ2) is 27.6. The van der Waals surface area contributed by atoms with E-state index in [0.717, 1.165) is 75.1 Å². The quantitative estimate of drug-likeness (QED) is 0.0498. The number of fused-ring (bicyclic) bond motifs is 5. The topological polar surface area (TPSA) is 40.2 Å². The third-order valence-electron chi connectivity index (χ3n) is 17.0. The van der Waals surface area contributed by atoms with Crippen molar-refractivity contribution < 1.29 is 18.9 Å². The van der Waals surface area contributed by atoms with Gasteiger partial charge in [0, 0.05) is 19.7 Å². The highest BCUT2D eigenvalue weighted by atomic mass is 16.6. The average Bonchev–Trinajstić information content (AvgIpc) is 3.77. The first-order valence-electron chi connectivity index (χ1n) is 27.1. The zero-order valence-electron chi connectivity index (χ0n) is 42.1. The molecule has 4 fully saturated rings. The van der Waals surface area contributed by atoms with Crippen molar-refractivity contribution in [3.8, 4) is 0 Å². The van der Waals surface area contributed by atoms with E-state index in [1.165, 1.54) is 141 Å². The Bertz CT molecular complexity index is 1310. The average molecular weight is 864 g/mol. The Morgan fingerprint density at radius 3 is 2.24 bits per heavy atom. The summed E-state index contributed by atoms with van der Waals surface area (Å²) < 4.78 is 25.3. The lowest BCUT2D eigenvalue weighted by Gasteiger charge is -2.58. The van der Waals surface area contributed by atoms with Crippen molar-refractivity contribution in [1.29, 1.82) is 0 Å². The summed E-state index contributed by atoms with van der Waals surface area (Å²) in [5, 5.41) is 0. The molecule has 1 saturated heterocycles. The highest BCUT2D eigenvalue weighted by molar-refractivity contribution is 5.25. The predicted octanol–water partition coefficient (Wildman–Crippen LogP) is 15.1. The number of hydrogen-bond acceptors (Lipinski definition) is 5. The molecule has 5 nitrogen and oxygen atoms in total. The minimum Gasteiger partial charge on any atom is -0.379 e. The number of allylic oxidation sites excluding steroid dienone is 5. The summed E-state index contributed by atoms with van der Waals surface area (Å²) in [6.45, 7) is 24.5. The highest BCUT2D eigenvalue weighted by Crippen LogP contribution is 2.67.